The van der Waals surface area contributed by atoms with Crippen LogP contribution >= 0.6 is 0 Å². The highest BCUT2D eigenvalue weighted by atomic mass is 19.3. The number of benzene rings is 2. The molecular weight excluding hydrogens is 498 g/mol. The van der Waals surface area contributed by atoms with Gasteiger partial charge in [0, 0.05) is 29.8 Å². The maximum absolute atomic E-state index is 15.2. The Morgan fingerprint density at radius 2 is 2.03 bits per heavy atom. The van der Waals surface area contributed by atoms with Crippen molar-refractivity contribution in [3.63, 3.8) is 0 Å². The molecule has 38 heavy (non-hydrogen) atoms. The summed E-state index contributed by atoms with van der Waals surface area (Å²) in [6.45, 7) is 2.11. The van der Waals surface area contributed by atoms with E-state index in [-0.39, 0.29) is 36.4 Å². The molecule has 1 unspecified atom stereocenters. The largest absolute Gasteiger partial charge is 0.385 e. The maximum Gasteiger partial charge on any atom is 0.275 e. The van der Waals surface area contributed by atoms with Crippen molar-refractivity contribution < 1.29 is 27.5 Å². The van der Waals surface area contributed by atoms with Crippen molar-refractivity contribution in [3.8, 4) is 0 Å². The Morgan fingerprint density at radius 1 is 1.21 bits per heavy atom. The molecule has 0 saturated heterocycles. The lowest BCUT2D eigenvalue weighted by Gasteiger charge is -2.34. The van der Waals surface area contributed by atoms with Gasteiger partial charge in [0.05, 0.1) is 29.7 Å². The number of fused-ring (bicyclic) bond motifs is 1. The van der Waals surface area contributed by atoms with E-state index in [4.69, 9.17) is 0 Å². The number of carbonyl (C=O) groups excluding carboxylic acids is 1. The standard InChI is InChI=1S/C29H29F4N3O2/c1-2-5-20-12-19(14-34-20)17-9-10-18(23(31)13-17)15-36-16-21(26-22(30)6-3-8-25(26)36)28(38)35-24-7-4-11-29(32,33)27(24)37/h3,6,8-10,12-14,16,20,24,27,37H,2,4-5,7,11,15H2,1H3,(H,35,38)/t20?,24-,27+/m1/s1. The Kier molecular flexibility index (Phi) is 7.13. The van der Waals surface area contributed by atoms with Crippen LogP contribution in [0.25, 0.3) is 16.5 Å². The van der Waals surface area contributed by atoms with Crippen molar-refractivity contribution in [1.29, 1.82) is 0 Å². The molecule has 1 fully saturated rings. The van der Waals surface area contributed by atoms with Gasteiger partial charge in [-0.1, -0.05) is 37.6 Å². The van der Waals surface area contributed by atoms with Gasteiger partial charge in [0.1, 0.15) is 17.7 Å². The molecule has 1 saturated carbocycles. The van der Waals surface area contributed by atoms with Gasteiger partial charge in [-0.15, -0.1) is 0 Å². The summed E-state index contributed by atoms with van der Waals surface area (Å²) in [4.78, 5) is 17.5. The van der Waals surface area contributed by atoms with Crippen LogP contribution in [0.2, 0.25) is 0 Å². The van der Waals surface area contributed by atoms with Crippen molar-refractivity contribution in [2.75, 3.05) is 0 Å². The first kappa shape index (κ1) is 26.2. The third-order valence-electron chi connectivity index (χ3n) is 7.34. The van der Waals surface area contributed by atoms with Crippen molar-refractivity contribution in [1.82, 2.24) is 9.88 Å². The normalized spacial score (nSPS) is 22.6. The fraction of sp³-hybridized carbons (Fsp3) is 0.379. The van der Waals surface area contributed by atoms with Crippen LogP contribution in [0, 0.1) is 11.6 Å². The highest BCUT2D eigenvalue weighted by Crippen LogP contribution is 2.34. The van der Waals surface area contributed by atoms with Crippen LogP contribution in [-0.2, 0) is 6.54 Å². The summed E-state index contributed by atoms with van der Waals surface area (Å²) in [6.07, 6.45) is 4.93. The van der Waals surface area contributed by atoms with Crippen LogP contribution in [0.5, 0.6) is 0 Å². The molecule has 0 spiro atoms. The summed E-state index contributed by atoms with van der Waals surface area (Å²) in [5, 5.41) is 12.5. The lowest BCUT2D eigenvalue weighted by atomic mass is 9.89. The number of aliphatic hydroxyl groups excluding tert-OH is 1. The van der Waals surface area contributed by atoms with Crippen LogP contribution in [0.3, 0.4) is 0 Å². The first-order valence-corrected chi connectivity index (χ1v) is 12.9. The molecule has 2 N–H and O–H groups in total. The minimum atomic E-state index is -3.31. The molecule has 5 rings (SSSR count). The zero-order chi connectivity index (χ0) is 27.0. The summed E-state index contributed by atoms with van der Waals surface area (Å²) < 4.78 is 59.5. The van der Waals surface area contributed by atoms with E-state index in [0.717, 1.165) is 18.4 Å². The molecule has 2 heterocycles. The van der Waals surface area contributed by atoms with Gasteiger partial charge < -0.3 is 15.0 Å². The molecule has 1 aromatic heterocycles. The van der Waals surface area contributed by atoms with E-state index in [0.29, 0.717) is 16.6 Å². The van der Waals surface area contributed by atoms with Gasteiger partial charge in [0.25, 0.3) is 11.8 Å². The number of hydrogen-bond donors (Lipinski definition) is 2. The number of nitrogens with one attached hydrogen (secondary N) is 1. The molecular formula is C29H29F4N3O2. The number of rotatable bonds is 7. The van der Waals surface area contributed by atoms with Gasteiger partial charge in [0.2, 0.25) is 0 Å². The van der Waals surface area contributed by atoms with Gasteiger partial charge in [-0.3, -0.25) is 9.79 Å². The van der Waals surface area contributed by atoms with Crippen molar-refractivity contribution in [3.05, 3.63) is 77.0 Å². The molecule has 2 aliphatic rings. The zero-order valence-corrected chi connectivity index (χ0v) is 20.9. The fourth-order valence-electron chi connectivity index (χ4n) is 5.30. The first-order valence-electron chi connectivity index (χ1n) is 12.9. The number of aliphatic imine (C=N–C) groups is 1. The van der Waals surface area contributed by atoms with Crippen molar-refractivity contribution >= 4 is 28.6 Å². The van der Waals surface area contributed by atoms with Crippen LogP contribution in [0.4, 0.5) is 17.6 Å². The Hall–Kier alpha value is -3.46. The summed E-state index contributed by atoms with van der Waals surface area (Å²) in [5.74, 6) is -5.19. The third kappa shape index (κ3) is 4.99. The molecule has 9 heteroatoms. The van der Waals surface area contributed by atoms with Gasteiger partial charge >= 0.3 is 0 Å². The van der Waals surface area contributed by atoms with Crippen molar-refractivity contribution in [2.24, 2.45) is 4.99 Å². The quantitative estimate of drug-likeness (QED) is 0.377. The molecule has 1 aliphatic carbocycles. The highest BCUT2D eigenvalue weighted by molar-refractivity contribution is 6.11. The number of halogens is 4. The second-order valence-electron chi connectivity index (χ2n) is 10.0. The fourth-order valence-corrected chi connectivity index (χ4v) is 5.30. The van der Waals surface area contributed by atoms with Crippen LogP contribution in [0.15, 0.2) is 53.7 Å². The lowest BCUT2D eigenvalue weighted by molar-refractivity contribution is -0.141. The number of carbonyl (C=O) groups is 1. The molecule has 1 aliphatic heterocycles. The number of amides is 1. The van der Waals surface area contributed by atoms with E-state index in [1.807, 2.05) is 6.08 Å². The van der Waals surface area contributed by atoms with Gasteiger partial charge in [-0.2, -0.15) is 0 Å². The Morgan fingerprint density at radius 3 is 2.79 bits per heavy atom. The molecule has 5 nitrogen and oxygen atoms in total. The van der Waals surface area contributed by atoms with E-state index in [9.17, 15) is 23.1 Å². The average Bonchev–Trinajstić information content (AvgIpc) is 3.49. The molecule has 200 valence electrons. The SMILES string of the molecule is CCCC1C=C(c2ccc(Cn3cc(C(=O)N[C@@H]4CCCC(F)(F)[C@H]4O)c4c(F)cccc43)c(F)c2)C=N1. The second-order valence-corrected chi connectivity index (χ2v) is 10.0. The first-order chi connectivity index (χ1) is 18.2. The molecule has 0 bridgehead atoms. The van der Waals surface area contributed by atoms with E-state index >= 15 is 4.39 Å². The van der Waals surface area contributed by atoms with Crippen LogP contribution < -0.4 is 5.32 Å². The summed E-state index contributed by atoms with van der Waals surface area (Å²) >= 11 is 0. The number of allylic oxidation sites excluding steroid dienone is 1. The third-order valence-corrected chi connectivity index (χ3v) is 7.34. The summed E-state index contributed by atoms with van der Waals surface area (Å²) in [5.41, 5.74) is 2.20. The smallest absolute Gasteiger partial charge is 0.275 e. The van der Waals surface area contributed by atoms with Gasteiger partial charge in [-0.25, -0.2) is 17.6 Å². The van der Waals surface area contributed by atoms with Gasteiger partial charge in [-0.05, 0) is 48.6 Å². The number of alkyl halides is 2. The predicted molar refractivity (Wildman–Crippen MR) is 139 cm³/mol. The molecule has 3 aromatic rings. The Bertz CT molecular complexity index is 1430. The molecule has 2 aromatic carbocycles. The second kappa shape index (κ2) is 10.4. The average molecular weight is 528 g/mol. The topological polar surface area (TPSA) is 66.6 Å². The predicted octanol–water partition coefficient (Wildman–Crippen LogP) is 5.88. The number of aliphatic hydroxyl groups is 1. The Balaban J connectivity index is 1.42. The minimum Gasteiger partial charge on any atom is -0.385 e. The van der Waals surface area contributed by atoms with E-state index in [1.54, 1.807) is 29.0 Å². The lowest BCUT2D eigenvalue weighted by Crippen LogP contribution is -2.54. The zero-order valence-electron chi connectivity index (χ0n) is 20.9. The van der Waals surface area contributed by atoms with Crippen molar-refractivity contribution in [2.45, 2.75) is 69.7 Å². The molecule has 1 amide bonds. The van der Waals surface area contributed by atoms with E-state index in [1.165, 1.54) is 24.4 Å². The monoisotopic (exact) mass is 527 g/mol. The van der Waals surface area contributed by atoms with Crippen LogP contribution in [0.1, 0.15) is 60.5 Å². The minimum absolute atomic E-state index is 0.00776. The summed E-state index contributed by atoms with van der Waals surface area (Å²) in [6, 6.07) is 8.12. The van der Waals surface area contributed by atoms with E-state index in [2.05, 4.69) is 17.2 Å². The van der Waals surface area contributed by atoms with Crippen LogP contribution in [-0.4, -0.2) is 45.9 Å². The number of nitrogens with zero attached hydrogens (tertiary/aromatic N) is 2. The van der Waals surface area contributed by atoms with Gasteiger partial charge in [0.15, 0.2) is 0 Å². The van der Waals surface area contributed by atoms with E-state index < -0.39 is 42.0 Å². The maximum atomic E-state index is 15.2. The summed E-state index contributed by atoms with van der Waals surface area (Å²) in [7, 11) is 0. The molecule has 3 atom stereocenters. The highest BCUT2D eigenvalue weighted by Gasteiger charge is 2.46. The number of hydrogen-bond acceptors (Lipinski definition) is 3. The molecule has 0 radical (unpaired) electrons. The Labute approximate surface area is 217 Å². The number of aromatic nitrogens is 1.